The summed E-state index contributed by atoms with van der Waals surface area (Å²) in [6.07, 6.45) is 2.80. The minimum atomic E-state index is -0.252. The summed E-state index contributed by atoms with van der Waals surface area (Å²) in [5.74, 6) is -0.0757. The van der Waals surface area contributed by atoms with Gasteiger partial charge in [-0.2, -0.15) is 0 Å². The number of nitrogens with one attached hydrogen (secondary N) is 1. The van der Waals surface area contributed by atoms with Crippen molar-refractivity contribution in [1.82, 2.24) is 15.2 Å². The molecule has 2 aromatic carbocycles. The third-order valence-electron chi connectivity index (χ3n) is 6.06. The van der Waals surface area contributed by atoms with Crippen LogP contribution in [0.25, 0.3) is 0 Å². The molecule has 32 heavy (non-hydrogen) atoms. The number of hydrogen-bond acceptors (Lipinski definition) is 3. The van der Waals surface area contributed by atoms with E-state index in [-0.39, 0.29) is 23.7 Å². The molecule has 2 atom stereocenters. The maximum absolute atomic E-state index is 13.1. The molecule has 2 amide bonds. The summed E-state index contributed by atoms with van der Waals surface area (Å²) < 4.78 is 0. The fourth-order valence-corrected chi connectivity index (χ4v) is 4.37. The zero-order valence-corrected chi connectivity index (χ0v) is 18.4. The zero-order valence-electron chi connectivity index (χ0n) is 18.4. The van der Waals surface area contributed by atoms with Gasteiger partial charge in [0.15, 0.2) is 0 Å². The van der Waals surface area contributed by atoms with Crippen LogP contribution in [0, 0.1) is 12.8 Å². The van der Waals surface area contributed by atoms with Crippen LogP contribution in [0.1, 0.15) is 34.7 Å². The number of amides is 2. The molecule has 5 nitrogen and oxygen atoms in total. The first-order valence-corrected chi connectivity index (χ1v) is 11.1. The molecule has 2 unspecified atom stereocenters. The average molecular weight is 428 g/mol. The normalized spacial score (nSPS) is 18.2. The molecule has 164 valence electrons. The Hall–Kier alpha value is -3.47. The van der Waals surface area contributed by atoms with E-state index in [1.54, 1.807) is 6.20 Å². The van der Waals surface area contributed by atoms with Crippen LogP contribution in [-0.2, 0) is 22.6 Å². The predicted octanol–water partition coefficient (Wildman–Crippen LogP) is 3.88. The maximum atomic E-state index is 13.1. The van der Waals surface area contributed by atoms with Crippen LogP contribution in [0.4, 0.5) is 0 Å². The molecule has 1 fully saturated rings. The van der Waals surface area contributed by atoms with Crippen LogP contribution in [0.2, 0.25) is 0 Å². The molecular formula is C27H29N3O2. The molecule has 1 N–H and O–H groups in total. The minimum Gasteiger partial charge on any atom is -0.350 e. The second-order valence-electron chi connectivity index (χ2n) is 8.54. The summed E-state index contributed by atoms with van der Waals surface area (Å²) in [6.45, 7) is 3.55. The Labute approximate surface area is 189 Å². The van der Waals surface area contributed by atoms with Gasteiger partial charge in [-0.3, -0.25) is 14.6 Å². The van der Waals surface area contributed by atoms with Crippen molar-refractivity contribution in [2.24, 2.45) is 5.92 Å². The Morgan fingerprint density at radius 3 is 2.56 bits per heavy atom. The van der Waals surface area contributed by atoms with E-state index in [9.17, 15) is 9.59 Å². The number of aryl methyl sites for hydroxylation is 1. The van der Waals surface area contributed by atoms with Gasteiger partial charge in [-0.05, 0) is 36.6 Å². The topological polar surface area (TPSA) is 62.3 Å². The van der Waals surface area contributed by atoms with Crippen molar-refractivity contribution in [3.63, 3.8) is 0 Å². The lowest BCUT2D eigenvalue weighted by molar-refractivity contribution is -0.135. The lowest BCUT2D eigenvalue weighted by atomic mass is 9.83. The number of likely N-dealkylation sites (tertiary alicyclic amines) is 1. The summed E-state index contributed by atoms with van der Waals surface area (Å²) in [6, 6.07) is 23.8. The molecule has 0 spiro atoms. The highest BCUT2D eigenvalue weighted by molar-refractivity contribution is 5.82. The molecule has 1 aromatic heterocycles. The van der Waals surface area contributed by atoms with Gasteiger partial charge >= 0.3 is 0 Å². The number of hydrogen-bond donors (Lipinski definition) is 1. The molecule has 0 saturated carbocycles. The molecule has 1 saturated heterocycles. The molecule has 1 aliphatic rings. The average Bonchev–Trinajstić information content (AvgIpc) is 2.83. The summed E-state index contributed by atoms with van der Waals surface area (Å²) in [7, 11) is 0. The van der Waals surface area contributed by atoms with E-state index in [1.165, 1.54) is 11.1 Å². The molecule has 1 aliphatic heterocycles. The summed E-state index contributed by atoms with van der Waals surface area (Å²) in [4.78, 5) is 32.4. The van der Waals surface area contributed by atoms with Crippen molar-refractivity contribution in [2.75, 3.05) is 13.1 Å². The van der Waals surface area contributed by atoms with E-state index in [4.69, 9.17) is 0 Å². The van der Waals surface area contributed by atoms with Gasteiger partial charge in [0.25, 0.3) is 0 Å². The van der Waals surface area contributed by atoms with E-state index >= 15 is 0 Å². The van der Waals surface area contributed by atoms with E-state index < -0.39 is 0 Å². The Kier molecular flexibility index (Phi) is 6.95. The lowest BCUT2D eigenvalue weighted by Gasteiger charge is -2.37. The van der Waals surface area contributed by atoms with E-state index in [0.717, 1.165) is 17.7 Å². The van der Waals surface area contributed by atoms with Crippen molar-refractivity contribution in [2.45, 2.75) is 32.2 Å². The van der Waals surface area contributed by atoms with Gasteiger partial charge in [0.05, 0.1) is 24.6 Å². The van der Waals surface area contributed by atoms with Crippen LogP contribution < -0.4 is 5.32 Å². The van der Waals surface area contributed by atoms with Gasteiger partial charge in [-0.25, -0.2) is 0 Å². The second-order valence-corrected chi connectivity index (χ2v) is 8.54. The quantitative estimate of drug-likeness (QED) is 0.649. The third-order valence-corrected chi connectivity index (χ3v) is 6.06. The first-order valence-electron chi connectivity index (χ1n) is 11.1. The highest BCUT2D eigenvalue weighted by Crippen LogP contribution is 2.31. The van der Waals surface area contributed by atoms with Gasteiger partial charge in [0, 0.05) is 25.2 Å². The second kappa shape index (κ2) is 10.2. The number of nitrogens with zero attached hydrogens (tertiary/aromatic N) is 2. The fraction of sp³-hybridized carbons (Fsp3) is 0.296. The number of aromatic nitrogens is 1. The predicted molar refractivity (Wildman–Crippen MR) is 125 cm³/mol. The van der Waals surface area contributed by atoms with Crippen molar-refractivity contribution < 1.29 is 9.59 Å². The highest BCUT2D eigenvalue weighted by atomic mass is 16.2. The van der Waals surface area contributed by atoms with E-state index in [1.807, 2.05) is 59.5 Å². The molecule has 3 aromatic rings. The maximum Gasteiger partial charge on any atom is 0.227 e. The molecule has 5 heteroatoms. The number of pyridine rings is 1. The Balaban J connectivity index is 1.49. The Bertz CT molecular complexity index is 1050. The van der Waals surface area contributed by atoms with Crippen molar-refractivity contribution >= 4 is 11.8 Å². The molecule has 0 radical (unpaired) electrons. The summed E-state index contributed by atoms with van der Waals surface area (Å²) >= 11 is 0. The lowest BCUT2D eigenvalue weighted by Crippen LogP contribution is -2.48. The van der Waals surface area contributed by atoms with E-state index in [2.05, 4.69) is 35.4 Å². The zero-order chi connectivity index (χ0) is 22.3. The van der Waals surface area contributed by atoms with Gasteiger partial charge < -0.3 is 10.2 Å². The number of benzene rings is 2. The van der Waals surface area contributed by atoms with Crippen LogP contribution in [0.5, 0.6) is 0 Å². The van der Waals surface area contributed by atoms with Crippen LogP contribution in [-0.4, -0.2) is 34.8 Å². The van der Waals surface area contributed by atoms with Gasteiger partial charge in [-0.15, -0.1) is 0 Å². The number of rotatable bonds is 6. The molecule has 4 rings (SSSR count). The summed E-state index contributed by atoms with van der Waals surface area (Å²) in [5.41, 5.74) is 4.19. The number of piperidine rings is 1. The summed E-state index contributed by atoms with van der Waals surface area (Å²) in [5, 5.41) is 3.02. The SMILES string of the molecule is Cc1cccc(C2CC(C(=O)NCc3ccccn3)CN(C(=O)Cc3ccccc3)C2)c1. The standard InChI is InChI=1S/C27H29N3O2/c1-20-8-7-11-22(14-20)23-16-24(27(32)29-17-25-12-5-6-13-28-25)19-30(18-23)26(31)15-21-9-3-2-4-10-21/h2-14,23-24H,15-19H2,1H3,(H,29,32). The van der Waals surface area contributed by atoms with Crippen LogP contribution >= 0.6 is 0 Å². The molecule has 0 bridgehead atoms. The first kappa shape index (κ1) is 21.8. The van der Waals surface area contributed by atoms with Gasteiger partial charge in [0.2, 0.25) is 11.8 Å². The minimum absolute atomic E-state index is 0.0227. The van der Waals surface area contributed by atoms with Crippen molar-refractivity contribution in [3.05, 3.63) is 101 Å². The molecule has 0 aliphatic carbocycles. The fourth-order valence-electron chi connectivity index (χ4n) is 4.37. The molecule has 2 heterocycles. The monoisotopic (exact) mass is 427 g/mol. The van der Waals surface area contributed by atoms with Gasteiger partial charge in [-0.1, -0.05) is 66.2 Å². The number of carbonyl (C=O) groups excluding carboxylic acids is 2. The third kappa shape index (κ3) is 5.61. The van der Waals surface area contributed by atoms with Crippen molar-refractivity contribution in [1.29, 1.82) is 0 Å². The van der Waals surface area contributed by atoms with Crippen LogP contribution in [0.3, 0.4) is 0 Å². The largest absolute Gasteiger partial charge is 0.350 e. The number of carbonyl (C=O) groups is 2. The van der Waals surface area contributed by atoms with Crippen molar-refractivity contribution in [3.8, 4) is 0 Å². The molecular weight excluding hydrogens is 398 g/mol. The Morgan fingerprint density at radius 1 is 1.00 bits per heavy atom. The Morgan fingerprint density at radius 2 is 1.81 bits per heavy atom. The first-order chi connectivity index (χ1) is 15.6. The highest BCUT2D eigenvalue weighted by Gasteiger charge is 2.34. The smallest absolute Gasteiger partial charge is 0.227 e. The van der Waals surface area contributed by atoms with Crippen LogP contribution in [0.15, 0.2) is 79.0 Å². The van der Waals surface area contributed by atoms with E-state index in [0.29, 0.717) is 26.1 Å². The van der Waals surface area contributed by atoms with Gasteiger partial charge in [0.1, 0.15) is 0 Å².